The van der Waals surface area contributed by atoms with Crippen molar-refractivity contribution in [3.63, 3.8) is 0 Å². The second-order valence-electron chi connectivity index (χ2n) is 4.88. The zero-order valence-electron chi connectivity index (χ0n) is 11.4. The topological polar surface area (TPSA) is 29.9 Å². The molecular formula is C15H20BrN3. The quantitative estimate of drug-likeness (QED) is 0.886. The third-order valence-corrected chi connectivity index (χ3v) is 3.81. The molecule has 1 aromatic carbocycles. The summed E-state index contributed by atoms with van der Waals surface area (Å²) in [6.45, 7) is 0. The maximum absolute atomic E-state index is 4.21. The van der Waals surface area contributed by atoms with Crippen LogP contribution >= 0.6 is 15.9 Å². The zero-order chi connectivity index (χ0) is 13.7. The molecule has 1 atom stereocenters. The lowest BCUT2D eigenvalue weighted by molar-refractivity contribution is 0.520. The lowest BCUT2D eigenvalue weighted by atomic mass is 10.0. The highest BCUT2D eigenvalue weighted by molar-refractivity contribution is 9.10. The molecule has 1 aromatic heterocycles. The number of hydrogen-bond donors (Lipinski definition) is 1. The fraction of sp³-hybridized carbons (Fsp3) is 0.400. The molecule has 2 rings (SSSR count). The van der Waals surface area contributed by atoms with Crippen molar-refractivity contribution < 1.29 is 0 Å². The highest BCUT2D eigenvalue weighted by Crippen LogP contribution is 2.15. The van der Waals surface area contributed by atoms with Crippen molar-refractivity contribution in [3.05, 3.63) is 52.3 Å². The Morgan fingerprint density at radius 1 is 1.37 bits per heavy atom. The summed E-state index contributed by atoms with van der Waals surface area (Å²) < 4.78 is 3.00. The Bertz CT molecular complexity index is 522. The smallest absolute Gasteiger partial charge is 0.0521 e. The van der Waals surface area contributed by atoms with Gasteiger partial charge < -0.3 is 5.32 Å². The first kappa shape index (κ1) is 14.3. The Hall–Kier alpha value is -1.13. The molecule has 1 unspecified atom stereocenters. The fourth-order valence-corrected chi connectivity index (χ4v) is 2.69. The van der Waals surface area contributed by atoms with Gasteiger partial charge in [-0.1, -0.05) is 28.1 Å². The monoisotopic (exact) mass is 321 g/mol. The van der Waals surface area contributed by atoms with Crippen LogP contribution in [0.4, 0.5) is 0 Å². The highest BCUT2D eigenvalue weighted by Gasteiger charge is 2.08. The van der Waals surface area contributed by atoms with E-state index in [1.165, 1.54) is 11.1 Å². The molecule has 3 nitrogen and oxygen atoms in total. The van der Waals surface area contributed by atoms with E-state index in [9.17, 15) is 0 Å². The van der Waals surface area contributed by atoms with Gasteiger partial charge in [-0.15, -0.1) is 0 Å². The number of aryl methyl sites for hydroxylation is 2. The van der Waals surface area contributed by atoms with Crippen molar-refractivity contribution in [1.29, 1.82) is 0 Å². The minimum Gasteiger partial charge on any atom is -0.317 e. The first-order valence-electron chi connectivity index (χ1n) is 6.56. The van der Waals surface area contributed by atoms with Gasteiger partial charge in [-0.3, -0.25) is 4.68 Å². The number of aromatic nitrogens is 2. The van der Waals surface area contributed by atoms with E-state index in [0.717, 1.165) is 23.7 Å². The number of hydrogen-bond acceptors (Lipinski definition) is 2. The zero-order valence-corrected chi connectivity index (χ0v) is 13.0. The molecule has 1 N–H and O–H groups in total. The first-order valence-corrected chi connectivity index (χ1v) is 7.36. The summed E-state index contributed by atoms with van der Waals surface area (Å²) in [5, 5.41) is 7.61. The van der Waals surface area contributed by atoms with Gasteiger partial charge in [0.1, 0.15) is 0 Å². The van der Waals surface area contributed by atoms with Crippen LogP contribution in [0, 0.1) is 0 Å². The number of rotatable bonds is 6. The Morgan fingerprint density at radius 2 is 2.21 bits per heavy atom. The van der Waals surface area contributed by atoms with Crippen LogP contribution < -0.4 is 5.32 Å². The molecule has 0 amide bonds. The predicted molar refractivity (Wildman–Crippen MR) is 82.2 cm³/mol. The van der Waals surface area contributed by atoms with Crippen LogP contribution in [-0.2, 0) is 19.9 Å². The van der Waals surface area contributed by atoms with Gasteiger partial charge in [0, 0.05) is 23.8 Å². The molecule has 0 saturated heterocycles. The van der Waals surface area contributed by atoms with Crippen molar-refractivity contribution in [2.24, 2.45) is 7.05 Å². The number of likely N-dealkylation sites (N-methyl/N-ethyl adjacent to an activating group) is 1. The SMILES string of the molecule is CNC(CCc1cnn(C)c1)Cc1cccc(Br)c1. The van der Waals surface area contributed by atoms with E-state index >= 15 is 0 Å². The predicted octanol–water partition coefficient (Wildman–Crippen LogP) is 2.95. The van der Waals surface area contributed by atoms with E-state index < -0.39 is 0 Å². The van der Waals surface area contributed by atoms with Gasteiger partial charge in [0.2, 0.25) is 0 Å². The third kappa shape index (κ3) is 4.48. The molecule has 0 spiro atoms. The number of nitrogens with one attached hydrogen (secondary N) is 1. The summed E-state index contributed by atoms with van der Waals surface area (Å²) in [5.41, 5.74) is 2.66. The van der Waals surface area contributed by atoms with Crippen LogP contribution in [0.3, 0.4) is 0 Å². The standard InChI is InChI=1S/C15H20BrN3/c1-17-15(7-6-13-10-18-19(2)11-13)9-12-4-3-5-14(16)8-12/h3-5,8,10-11,15,17H,6-7,9H2,1-2H3. The minimum absolute atomic E-state index is 0.495. The normalized spacial score (nSPS) is 12.6. The van der Waals surface area contributed by atoms with Gasteiger partial charge >= 0.3 is 0 Å². The van der Waals surface area contributed by atoms with E-state index in [2.05, 4.69) is 56.8 Å². The van der Waals surface area contributed by atoms with Crippen molar-refractivity contribution >= 4 is 15.9 Å². The summed E-state index contributed by atoms with van der Waals surface area (Å²) in [4.78, 5) is 0. The largest absolute Gasteiger partial charge is 0.317 e. The molecule has 0 aliphatic rings. The molecule has 0 fully saturated rings. The van der Waals surface area contributed by atoms with Crippen LogP contribution in [0.2, 0.25) is 0 Å². The van der Waals surface area contributed by atoms with Gasteiger partial charge in [0.05, 0.1) is 6.20 Å². The summed E-state index contributed by atoms with van der Waals surface area (Å²) in [6.07, 6.45) is 7.27. The lowest BCUT2D eigenvalue weighted by Crippen LogP contribution is -2.28. The summed E-state index contributed by atoms with van der Waals surface area (Å²) in [6, 6.07) is 9.02. The Balaban J connectivity index is 1.89. The van der Waals surface area contributed by atoms with Crippen LogP contribution in [0.15, 0.2) is 41.1 Å². The summed E-state index contributed by atoms with van der Waals surface area (Å²) in [7, 11) is 3.99. The average Bonchev–Trinajstić information content (AvgIpc) is 2.80. The maximum atomic E-state index is 4.21. The van der Waals surface area contributed by atoms with Gasteiger partial charge in [0.15, 0.2) is 0 Å². The van der Waals surface area contributed by atoms with Crippen molar-refractivity contribution in [2.45, 2.75) is 25.3 Å². The fourth-order valence-electron chi connectivity index (χ4n) is 2.24. The second kappa shape index (κ2) is 6.87. The highest BCUT2D eigenvalue weighted by atomic mass is 79.9. The van der Waals surface area contributed by atoms with Crippen LogP contribution in [0.5, 0.6) is 0 Å². The van der Waals surface area contributed by atoms with Crippen molar-refractivity contribution in [3.8, 4) is 0 Å². The summed E-state index contributed by atoms with van der Waals surface area (Å²) >= 11 is 3.52. The maximum Gasteiger partial charge on any atom is 0.0521 e. The first-order chi connectivity index (χ1) is 9.17. The Kier molecular flexibility index (Phi) is 5.16. The van der Waals surface area contributed by atoms with E-state index in [1.807, 2.05) is 25.0 Å². The molecule has 0 radical (unpaired) electrons. The van der Waals surface area contributed by atoms with Gasteiger partial charge in [0.25, 0.3) is 0 Å². The van der Waals surface area contributed by atoms with Crippen LogP contribution in [0.1, 0.15) is 17.5 Å². The number of benzene rings is 1. The van der Waals surface area contributed by atoms with Crippen molar-refractivity contribution in [2.75, 3.05) is 7.05 Å². The molecule has 102 valence electrons. The Labute approximate surface area is 123 Å². The van der Waals surface area contributed by atoms with Gasteiger partial charge in [-0.2, -0.15) is 5.10 Å². The molecular weight excluding hydrogens is 302 g/mol. The molecule has 0 saturated carbocycles. The van der Waals surface area contributed by atoms with Crippen LogP contribution in [-0.4, -0.2) is 22.9 Å². The van der Waals surface area contributed by atoms with E-state index in [0.29, 0.717) is 6.04 Å². The second-order valence-corrected chi connectivity index (χ2v) is 5.80. The van der Waals surface area contributed by atoms with E-state index in [1.54, 1.807) is 0 Å². The molecule has 0 aliphatic heterocycles. The molecule has 19 heavy (non-hydrogen) atoms. The van der Waals surface area contributed by atoms with Crippen LogP contribution in [0.25, 0.3) is 0 Å². The minimum atomic E-state index is 0.495. The lowest BCUT2D eigenvalue weighted by Gasteiger charge is -2.16. The number of nitrogens with zero attached hydrogens (tertiary/aromatic N) is 2. The molecule has 2 aromatic rings. The molecule has 1 heterocycles. The van der Waals surface area contributed by atoms with Gasteiger partial charge in [-0.25, -0.2) is 0 Å². The Morgan fingerprint density at radius 3 is 2.84 bits per heavy atom. The van der Waals surface area contributed by atoms with E-state index in [-0.39, 0.29) is 0 Å². The molecule has 4 heteroatoms. The summed E-state index contributed by atoms with van der Waals surface area (Å²) in [5.74, 6) is 0. The average molecular weight is 322 g/mol. The number of halogens is 1. The van der Waals surface area contributed by atoms with Gasteiger partial charge in [-0.05, 0) is 49.6 Å². The molecule has 0 bridgehead atoms. The van der Waals surface area contributed by atoms with Crippen molar-refractivity contribution in [1.82, 2.24) is 15.1 Å². The van der Waals surface area contributed by atoms with E-state index in [4.69, 9.17) is 0 Å². The third-order valence-electron chi connectivity index (χ3n) is 3.32. The molecule has 0 aliphatic carbocycles.